The van der Waals surface area contributed by atoms with Crippen molar-refractivity contribution in [3.05, 3.63) is 111 Å². The van der Waals surface area contributed by atoms with Crippen LogP contribution in [-0.2, 0) is 4.79 Å². The zero-order valence-electron chi connectivity index (χ0n) is 17.3. The molecule has 2 aliphatic rings. The van der Waals surface area contributed by atoms with E-state index in [1.54, 1.807) is 24.3 Å². The normalized spacial score (nSPS) is 18.1. The van der Waals surface area contributed by atoms with Gasteiger partial charge in [-0.1, -0.05) is 48.5 Å². The van der Waals surface area contributed by atoms with Crippen LogP contribution in [-0.4, -0.2) is 16.7 Å². The van der Waals surface area contributed by atoms with Crippen LogP contribution in [0.2, 0.25) is 0 Å². The maximum absolute atomic E-state index is 13.1. The first-order chi connectivity index (χ1) is 16.1. The van der Waals surface area contributed by atoms with E-state index in [1.165, 1.54) is 0 Å². The number of allylic oxidation sites excluding steroid dienone is 1. The molecule has 3 heterocycles. The number of aromatic amines is 1. The van der Waals surface area contributed by atoms with E-state index in [4.69, 9.17) is 9.47 Å². The molecule has 0 aliphatic carbocycles. The Balaban J connectivity index is 1.52. The average molecular weight is 435 g/mol. The minimum Gasteiger partial charge on any atom is -0.452 e. The van der Waals surface area contributed by atoms with Gasteiger partial charge in [0.1, 0.15) is 11.5 Å². The van der Waals surface area contributed by atoms with Crippen molar-refractivity contribution in [3.63, 3.8) is 0 Å². The molecule has 0 amide bonds. The second-order valence-electron chi connectivity index (χ2n) is 8.08. The molecular formula is C27H17NO5. The number of benzene rings is 3. The molecule has 6 nitrogen and oxygen atoms in total. The van der Waals surface area contributed by atoms with Crippen LogP contribution in [0.5, 0.6) is 11.5 Å². The van der Waals surface area contributed by atoms with E-state index in [0.717, 1.165) is 10.9 Å². The molecule has 0 saturated carbocycles. The number of carbonyl (C=O) groups is 2. The summed E-state index contributed by atoms with van der Waals surface area (Å²) >= 11 is 0. The van der Waals surface area contributed by atoms with Gasteiger partial charge in [-0.15, -0.1) is 0 Å². The highest BCUT2D eigenvalue weighted by molar-refractivity contribution is 6.15. The third-order valence-corrected chi connectivity index (χ3v) is 6.03. The van der Waals surface area contributed by atoms with Gasteiger partial charge in [0.15, 0.2) is 5.76 Å². The molecule has 4 aromatic rings. The van der Waals surface area contributed by atoms with Gasteiger partial charge in [-0.05, 0) is 41.3 Å². The van der Waals surface area contributed by atoms with Gasteiger partial charge in [0.05, 0.1) is 12.0 Å². The summed E-state index contributed by atoms with van der Waals surface area (Å²) in [6, 6.07) is 21.8. The molecule has 1 N–H and O–H groups in total. The number of esters is 1. The Morgan fingerprint density at radius 3 is 2.52 bits per heavy atom. The number of Topliss-reactive ketones (excluding diaryl/α,β-unsaturated/α-hetero) is 1. The number of para-hydroxylation sites is 1. The molecular weight excluding hydrogens is 418 g/mol. The van der Waals surface area contributed by atoms with Gasteiger partial charge in [-0.25, -0.2) is 0 Å². The van der Waals surface area contributed by atoms with Crippen molar-refractivity contribution < 1.29 is 19.1 Å². The highest BCUT2D eigenvalue weighted by atomic mass is 16.5. The van der Waals surface area contributed by atoms with Gasteiger partial charge in [-0.3, -0.25) is 14.4 Å². The summed E-state index contributed by atoms with van der Waals surface area (Å²) in [5, 5.41) is 0.849. The highest BCUT2D eigenvalue weighted by Gasteiger charge is 2.39. The number of pyridine rings is 1. The summed E-state index contributed by atoms with van der Waals surface area (Å²) < 4.78 is 11.5. The summed E-state index contributed by atoms with van der Waals surface area (Å²) in [4.78, 5) is 41.4. The van der Waals surface area contributed by atoms with Crippen molar-refractivity contribution in [3.8, 4) is 11.5 Å². The number of rotatable bonds is 2. The minimum absolute atomic E-state index is 0.0276. The van der Waals surface area contributed by atoms with Crippen molar-refractivity contribution in [1.29, 1.82) is 0 Å². The molecule has 2 aliphatic heterocycles. The lowest BCUT2D eigenvalue weighted by Crippen LogP contribution is -2.26. The lowest BCUT2D eigenvalue weighted by molar-refractivity contribution is -0.135. The zero-order chi connectivity index (χ0) is 22.5. The molecule has 0 fully saturated rings. The van der Waals surface area contributed by atoms with Crippen LogP contribution in [0.3, 0.4) is 0 Å². The molecule has 1 unspecified atom stereocenters. The van der Waals surface area contributed by atoms with Crippen molar-refractivity contribution in [2.75, 3.05) is 0 Å². The van der Waals surface area contributed by atoms with Gasteiger partial charge >= 0.3 is 5.97 Å². The molecule has 6 heteroatoms. The van der Waals surface area contributed by atoms with Crippen molar-refractivity contribution in [2.24, 2.45) is 0 Å². The largest absolute Gasteiger partial charge is 0.452 e. The Kier molecular flexibility index (Phi) is 4.26. The first-order valence-corrected chi connectivity index (χ1v) is 10.6. The summed E-state index contributed by atoms with van der Waals surface area (Å²) in [5.41, 5.74) is 2.60. The minimum atomic E-state index is -0.603. The van der Waals surface area contributed by atoms with Crippen LogP contribution in [0.1, 0.15) is 39.4 Å². The number of nitrogens with one attached hydrogen (secondary N) is 1. The SMILES string of the molecule is O=C1CC(c2cc3ccccc3[nH]c2=O)c2c(ccc3c2OC(=Cc2ccccc2)C3=O)O1. The number of H-pyrrole nitrogens is 1. The fourth-order valence-corrected chi connectivity index (χ4v) is 4.50. The second kappa shape index (κ2) is 7.31. The second-order valence-corrected chi connectivity index (χ2v) is 8.08. The fourth-order valence-electron chi connectivity index (χ4n) is 4.50. The lowest BCUT2D eigenvalue weighted by atomic mass is 9.85. The third-order valence-electron chi connectivity index (χ3n) is 6.03. The number of ketones is 1. The molecule has 0 spiro atoms. The van der Waals surface area contributed by atoms with E-state index in [0.29, 0.717) is 33.7 Å². The van der Waals surface area contributed by atoms with Crippen LogP contribution in [0.15, 0.2) is 83.4 Å². The number of ether oxygens (including phenoxy) is 2. The Bertz CT molecular complexity index is 1550. The zero-order valence-corrected chi connectivity index (χ0v) is 17.3. The molecule has 0 saturated heterocycles. The number of aromatic nitrogens is 1. The van der Waals surface area contributed by atoms with E-state index < -0.39 is 11.9 Å². The number of hydrogen-bond acceptors (Lipinski definition) is 5. The maximum atomic E-state index is 13.1. The average Bonchev–Trinajstić information content (AvgIpc) is 3.13. The van der Waals surface area contributed by atoms with Crippen molar-refractivity contribution in [1.82, 2.24) is 4.98 Å². The van der Waals surface area contributed by atoms with Gasteiger partial charge < -0.3 is 14.5 Å². The Labute approximate surface area is 188 Å². The monoisotopic (exact) mass is 435 g/mol. The van der Waals surface area contributed by atoms with Gasteiger partial charge in [0, 0.05) is 22.6 Å². The van der Waals surface area contributed by atoms with E-state index in [9.17, 15) is 14.4 Å². The number of hydrogen-bond donors (Lipinski definition) is 1. The molecule has 1 atom stereocenters. The van der Waals surface area contributed by atoms with E-state index in [1.807, 2.05) is 54.6 Å². The standard InChI is InChI=1S/C27H17NO5/c29-23-14-18(19-13-16-8-4-5-9-20(16)28-27(19)31)24-21(32-23)11-10-17-25(30)22(33-26(17)24)12-15-6-2-1-3-7-15/h1-13,18H,14H2,(H,28,31). The van der Waals surface area contributed by atoms with Gasteiger partial charge in [-0.2, -0.15) is 0 Å². The van der Waals surface area contributed by atoms with Crippen LogP contribution in [0, 0.1) is 0 Å². The first-order valence-electron chi connectivity index (χ1n) is 10.6. The molecule has 3 aromatic carbocycles. The van der Waals surface area contributed by atoms with Crippen LogP contribution in [0.4, 0.5) is 0 Å². The number of fused-ring (bicyclic) bond motifs is 4. The summed E-state index contributed by atoms with van der Waals surface area (Å²) in [5.74, 6) is -0.466. The molecule has 160 valence electrons. The van der Waals surface area contributed by atoms with Crippen molar-refractivity contribution in [2.45, 2.75) is 12.3 Å². The fraction of sp³-hybridized carbons (Fsp3) is 0.0741. The number of carbonyl (C=O) groups excluding carboxylic acids is 2. The van der Waals surface area contributed by atoms with E-state index in [2.05, 4.69) is 4.98 Å². The predicted molar refractivity (Wildman–Crippen MR) is 122 cm³/mol. The van der Waals surface area contributed by atoms with E-state index >= 15 is 0 Å². The third kappa shape index (κ3) is 3.15. The van der Waals surface area contributed by atoms with E-state index in [-0.39, 0.29) is 23.5 Å². The van der Waals surface area contributed by atoms with Crippen LogP contribution < -0.4 is 15.0 Å². The molecule has 33 heavy (non-hydrogen) atoms. The molecule has 6 rings (SSSR count). The first kappa shape index (κ1) is 19.3. The molecule has 0 radical (unpaired) electrons. The lowest BCUT2D eigenvalue weighted by Gasteiger charge is -2.26. The molecule has 1 aromatic heterocycles. The van der Waals surface area contributed by atoms with Gasteiger partial charge in [0.25, 0.3) is 5.56 Å². The Morgan fingerprint density at radius 2 is 1.67 bits per heavy atom. The Morgan fingerprint density at radius 1 is 0.879 bits per heavy atom. The van der Waals surface area contributed by atoms with Crippen molar-refractivity contribution >= 4 is 28.7 Å². The summed E-state index contributed by atoms with van der Waals surface area (Å²) in [6.07, 6.45) is 1.65. The summed E-state index contributed by atoms with van der Waals surface area (Å²) in [6.45, 7) is 0. The predicted octanol–water partition coefficient (Wildman–Crippen LogP) is 4.59. The van der Waals surface area contributed by atoms with Crippen LogP contribution >= 0.6 is 0 Å². The Hall–Kier alpha value is -4.45. The topological polar surface area (TPSA) is 85.5 Å². The molecule has 0 bridgehead atoms. The van der Waals surface area contributed by atoms with Crippen LogP contribution in [0.25, 0.3) is 17.0 Å². The maximum Gasteiger partial charge on any atom is 0.312 e. The smallest absolute Gasteiger partial charge is 0.312 e. The summed E-state index contributed by atoms with van der Waals surface area (Å²) in [7, 11) is 0. The van der Waals surface area contributed by atoms with Gasteiger partial charge in [0.2, 0.25) is 5.78 Å². The highest BCUT2D eigenvalue weighted by Crippen LogP contribution is 2.48. The quantitative estimate of drug-likeness (QED) is 0.283.